The van der Waals surface area contributed by atoms with E-state index in [2.05, 4.69) is 5.32 Å². The number of rotatable bonds is 2. The highest BCUT2D eigenvalue weighted by molar-refractivity contribution is 5.96. The zero-order valence-electron chi connectivity index (χ0n) is 10.4. The van der Waals surface area contributed by atoms with Crippen LogP contribution in [0.15, 0.2) is 12.1 Å². The molecule has 0 aromatic heterocycles. The summed E-state index contributed by atoms with van der Waals surface area (Å²) in [4.78, 5) is 22.0. The van der Waals surface area contributed by atoms with Gasteiger partial charge in [0.05, 0.1) is 17.7 Å². The van der Waals surface area contributed by atoms with Gasteiger partial charge in [-0.3, -0.25) is 14.9 Å². The maximum atomic E-state index is 11.6. The summed E-state index contributed by atoms with van der Waals surface area (Å²) in [5.74, 6) is 0.0786. The first-order chi connectivity index (χ1) is 8.35. The van der Waals surface area contributed by atoms with Crippen molar-refractivity contribution in [1.29, 1.82) is 0 Å². The van der Waals surface area contributed by atoms with Gasteiger partial charge in [-0.15, -0.1) is 0 Å². The van der Waals surface area contributed by atoms with Crippen LogP contribution in [0.1, 0.15) is 25.8 Å². The summed E-state index contributed by atoms with van der Waals surface area (Å²) in [7, 11) is 1.39. The SMILES string of the molecule is COc1cc2c(cc1[N+](=O)[O-])NC(=O)CC2(C)C. The van der Waals surface area contributed by atoms with E-state index in [1.165, 1.54) is 13.2 Å². The van der Waals surface area contributed by atoms with Crippen molar-refractivity contribution in [3.63, 3.8) is 0 Å². The standard InChI is InChI=1S/C12H14N2O4/c1-12(2)6-11(15)13-8-5-9(14(16)17)10(18-3)4-7(8)12/h4-5H,6H2,1-3H3,(H,13,15). The van der Waals surface area contributed by atoms with Crippen molar-refractivity contribution < 1.29 is 14.5 Å². The summed E-state index contributed by atoms with van der Waals surface area (Å²) in [6.45, 7) is 3.85. The molecule has 18 heavy (non-hydrogen) atoms. The van der Waals surface area contributed by atoms with Gasteiger partial charge in [-0.05, 0) is 11.6 Å². The molecule has 1 amide bonds. The Bertz CT molecular complexity index is 537. The Morgan fingerprint density at radius 3 is 2.67 bits per heavy atom. The molecule has 0 saturated carbocycles. The minimum Gasteiger partial charge on any atom is -0.490 e. The molecule has 2 rings (SSSR count). The van der Waals surface area contributed by atoms with Gasteiger partial charge in [-0.2, -0.15) is 0 Å². The van der Waals surface area contributed by atoms with Crippen LogP contribution < -0.4 is 10.1 Å². The predicted molar refractivity (Wildman–Crippen MR) is 65.9 cm³/mol. The number of nitrogens with zero attached hydrogens (tertiary/aromatic N) is 1. The molecule has 0 fully saturated rings. The number of amides is 1. The van der Waals surface area contributed by atoms with Gasteiger partial charge in [0.1, 0.15) is 0 Å². The Balaban J connectivity index is 2.65. The molecular formula is C12H14N2O4. The topological polar surface area (TPSA) is 81.5 Å². The monoisotopic (exact) mass is 250 g/mol. The average molecular weight is 250 g/mol. The van der Waals surface area contributed by atoms with E-state index in [1.807, 2.05) is 13.8 Å². The Morgan fingerprint density at radius 1 is 1.44 bits per heavy atom. The van der Waals surface area contributed by atoms with E-state index >= 15 is 0 Å². The molecule has 0 atom stereocenters. The van der Waals surface area contributed by atoms with Crippen molar-refractivity contribution in [3.8, 4) is 5.75 Å². The lowest BCUT2D eigenvalue weighted by Crippen LogP contribution is -2.32. The third-order valence-corrected chi connectivity index (χ3v) is 3.12. The second-order valence-electron chi connectivity index (χ2n) is 4.94. The molecule has 0 radical (unpaired) electrons. The number of methoxy groups -OCH3 is 1. The first kappa shape index (κ1) is 12.3. The largest absolute Gasteiger partial charge is 0.490 e. The second-order valence-corrected chi connectivity index (χ2v) is 4.94. The molecule has 1 aliphatic heterocycles. The first-order valence-corrected chi connectivity index (χ1v) is 5.52. The molecule has 1 N–H and O–H groups in total. The maximum Gasteiger partial charge on any atom is 0.313 e. The van der Waals surface area contributed by atoms with Gasteiger partial charge in [0.2, 0.25) is 5.91 Å². The lowest BCUT2D eigenvalue weighted by Gasteiger charge is -2.32. The van der Waals surface area contributed by atoms with Crippen molar-refractivity contribution in [1.82, 2.24) is 0 Å². The van der Waals surface area contributed by atoms with Gasteiger partial charge >= 0.3 is 5.69 Å². The summed E-state index contributed by atoms with van der Waals surface area (Å²) < 4.78 is 5.04. The van der Waals surface area contributed by atoms with Crippen molar-refractivity contribution in [2.24, 2.45) is 0 Å². The summed E-state index contributed by atoms with van der Waals surface area (Å²) in [6, 6.07) is 2.99. The molecule has 6 nitrogen and oxygen atoms in total. The first-order valence-electron chi connectivity index (χ1n) is 5.52. The molecule has 96 valence electrons. The third-order valence-electron chi connectivity index (χ3n) is 3.12. The van der Waals surface area contributed by atoms with Gasteiger partial charge < -0.3 is 10.1 Å². The van der Waals surface area contributed by atoms with Crippen LogP contribution in [0.3, 0.4) is 0 Å². The van der Waals surface area contributed by atoms with Crippen LogP contribution in [-0.2, 0) is 10.2 Å². The van der Waals surface area contributed by atoms with E-state index in [9.17, 15) is 14.9 Å². The molecule has 6 heteroatoms. The number of ether oxygens (including phenoxy) is 1. The summed E-state index contributed by atoms with van der Waals surface area (Å²) in [5.41, 5.74) is 0.836. The Hall–Kier alpha value is -2.11. The van der Waals surface area contributed by atoms with Crippen LogP contribution >= 0.6 is 0 Å². The number of hydrogen-bond acceptors (Lipinski definition) is 4. The molecule has 0 unspecified atom stereocenters. The Morgan fingerprint density at radius 2 is 2.11 bits per heavy atom. The molecular weight excluding hydrogens is 236 g/mol. The van der Waals surface area contributed by atoms with E-state index in [0.717, 1.165) is 5.56 Å². The second kappa shape index (κ2) is 3.97. The highest BCUT2D eigenvalue weighted by atomic mass is 16.6. The van der Waals surface area contributed by atoms with Gasteiger partial charge in [0, 0.05) is 17.9 Å². The number of benzene rings is 1. The zero-order chi connectivity index (χ0) is 13.5. The summed E-state index contributed by atoms with van der Waals surface area (Å²) >= 11 is 0. The Kier molecular flexibility index (Phi) is 2.73. The highest BCUT2D eigenvalue weighted by Gasteiger charge is 2.34. The molecule has 0 saturated heterocycles. The van der Waals surface area contributed by atoms with Gasteiger partial charge in [0.25, 0.3) is 0 Å². The smallest absolute Gasteiger partial charge is 0.313 e. The van der Waals surface area contributed by atoms with Crippen molar-refractivity contribution >= 4 is 17.3 Å². The van der Waals surface area contributed by atoms with E-state index < -0.39 is 4.92 Å². The Labute approximate surface area is 104 Å². The minimum atomic E-state index is -0.521. The number of nitro benzene ring substituents is 1. The molecule has 0 spiro atoms. The van der Waals surface area contributed by atoms with Gasteiger partial charge in [0.15, 0.2) is 5.75 Å². The number of nitrogens with one attached hydrogen (secondary N) is 1. The number of fused-ring (bicyclic) bond motifs is 1. The molecule has 1 aliphatic rings. The third kappa shape index (κ3) is 1.90. The summed E-state index contributed by atoms with van der Waals surface area (Å²) in [5, 5.41) is 13.6. The molecule has 1 aromatic carbocycles. The lowest BCUT2D eigenvalue weighted by atomic mass is 9.78. The zero-order valence-corrected chi connectivity index (χ0v) is 10.4. The van der Waals surface area contributed by atoms with E-state index in [4.69, 9.17) is 4.74 Å². The van der Waals surface area contributed by atoms with Crippen LogP contribution in [0.4, 0.5) is 11.4 Å². The quantitative estimate of drug-likeness (QED) is 0.644. The van der Waals surface area contributed by atoms with E-state index in [-0.39, 0.29) is 22.8 Å². The fourth-order valence-corrected chi connectivity index (χ4v) is 2.23. The van der Waals surface area contributed by atoms with Crippen LogP contribution in [0.5, 0.6) is 5.75 Å². The lowest BCUT2D eigenvalue weighted by molar-refractivity contribution is -0.385. The van der Waals surface area contributed by atoms with Crippen LogP contribution in [0.25, 0.3) is 0 Å². The molecule has 0 bridgehead atoms. The van der Waals surface area contributed by atoms with Crippen molar-refractivity contribution in [2.45, 2.75) is 25.7 Å². The van der Waals surface area contributed by atoms with Gasteiger partial charge in [-0.1, -0.05) is 13.8 Å². The van der Waals surface area contributed by atoms with E-state index in [0.29, 0.717) is 12.1 Å². The van der Waals surface area contributed by atoms with Gasteiger partial charge in [-0.25, -0.2) is 0 Å². The summed E-state index contributed by atoms with van der Waals surface area (Å²) in [6.07, 6.45) is 0.348. The fraction of sp³-hybridized carbons (Fsp3) is 0.417. The minimum absolute atomic E-state index is 0.132. The number of anilines is 1. The van der Waals surface area contributed by atoms with Crippen LogP contribution in [-0.4, -0.2) is 17.9 Å². The average Bonchev–Trinajstić information content (AvgIpc) is 2.26. The van der Waals surface area contributed by atoms with Crippen LogP contribution in [0, 0.1) is 10.1 Å². The number of nitro groups is 1. The van der Waals surface area contributed by atoms with E-state index in [1.54, 1.807) is 6.07 Å². The maximum absolute atomic E-state index is 11.6. The number of hydrogen-bond donors (Lipinski definition) is 1. The molecule has 1 aromatic rings. The highest BCUT2D eigenvalue weighted by Crippen LogP contribution is 2.42. The normalized spacial score (nSPS) is 16.7. The number of carbonyl (C=O) groups is 1. The number of carbonyl (C=O) groups excluding carboxylic acids is 1. The fourth-order valence-electron chi connectivity index (χ4n) is 2.23. The molecule has 0 aliphatic carbocycles. The predicted octanol–water partition coefficient (Wildman–Crippen LogP) is 2.22. The molecule has 1 heterocycles. The van der Waals surface area contributed by atoms with Crippen molar-refractivity contribution in [3.05, 3.63) is 27.8 Å². The van der Waals surface area contributed by atoms with Crippen molar-refractivity contribution in [2.75, 3.05) is 12.4 Å². The van der Waals surface area contributed by atoms with Crippen LogP contribution in [0.2, 0.25) is 0 Å².